The highest BCUT2D eigenvalue weighted by molar-refractivity contribution is 7.13. The number of halogens is 1. The summed E-state index contributed by atoms with van der Waals surface area (Å²) in [6.07, 6.45) is 0. The molecule has 0 unspecified atom stereocenters. The number of hydrogen-bond acceptors (Lipinski definition) is 3. The van der Waals surface area contributed by atoms with Gasteiger partial charge in [-0.25, -0.2) is 0 Å². The van der Waals surface area contributed by atoms with Crippen molar-refractivity contribution in [1.29, 1.82) is 0 Å². The van der Waals surface area contributed by atoms with Crippen molar-refractivity contribution in [3.05, 3.63) is 45.4 Å². The van der Waals surface area contributed by atoms with Crippen molar-refractivity contribution >= 4 is 33.7 Å². The van der Waals surface area contributed by atoms with Gasteiger partial charge in [-0.3, -0.25) is 0 Å². The van der Waals surface area contributed by atoms with E-state index >= 15 is 0 Å². The second kappa shape index (κ2) is 4.58. The van der Waals surface area contributed by atoms with Gasteiger partial charge in [0.05, 0.1) is 4.88 Å². The van der Waals surface area contributed by atoms with E-state index < -0.39 is 0 Å². The SMILES string of the molecule is Cc1ccsc1-c1nnc(Cl)c2c(C)ccc(C)c12. The first-order valence-electron chi connectivity index (χ1n) is 6.06. The molecule has 0 fully saturated rings. The van der Waals surface area contributed by atoms with Crippen molar-refractivity contribution in [2.45, 2.75) is 20.8 Å². The van der Waals surface area contributed by atoms with Crippen LogP contribution in [0.3, 0.4) is 0 Å². The number of rotatable bonds is 1. The monoisotopic (exact) mass is 288 g/mol. The highest BCUT2D eigenvalue weighted by Crippen LogP contribution is 2.37. The third-order valence-corrected chi connectivity index (χ3v) is 4.67. The summed E-state index contributed by atoms with van der Waals surface area (Å²) >= 11 is 7.93. The van der Waals surface area contributed by atoms with Crippen LogP contribution in [-0.2, 0) is 0 Å². The van der Waals surface area contributed by atoms with E-state index in [1.165, 1.54) is 16.0 Å². The first-order valence-corrected chi connectivity index (χ1v) is 7.32. The van der Waals surface area contributed by atoms with Gasteiger partial charge in [0.1, 0.15) is 5.69 Å². The molecule has 3 rings (SSSR count). The molecule has 0 saturated heterocycles. The van der Waals surface area contributed by atoms with E-state index in [4.69, 9.17) is 11.6 Å². The Hall–Kier alpha value is -1.45. The largest absolute Gasteiger partial charge is 0.159 e. The van der Waals surface area contributed by atoms with E-state index in [0.717, 1.165) is 22.0 Å². The maximum absolute atomic E-state index is 6.24. The molecule has 0 radical (unpaired) electrons. The normalized spacial score (nSPS) is 11.2. The second-order valence-corrected chi connectivity index (χ2v) is 6.00. The molecule has 96 valence electrons. The first kappa shape index (κ1) is 12.6. The fraction of sp³-hybridized carbons (Fsp3) is 0.200. The second-order valence-electron chi connectivity index (χ2n) is 4.72. The lowest BCUT2D eigenvalue weighted by Gasteiger charge is -2.10. The molecule has 0 aliphatic rings. The third-order valence-electron chi connectivity index (χ3n) is 3.38. The van der Waals surface area contributed by atoms with Gasteiger partial charge < -0.3 is 0 Å². The standard InChI is InChI=1S/C15H13ClN2S/c1-8-4-5-9(2)12-11(8)13(17-18-15(12)16)14-10(3)6-7-19-14/h4-7H,1-3H3. The Morgan fingerprint density at radius 2 is 1.58 bits per heavy atom. The Bertz CT molecular complexity index is 769. The highest BCUT2D eigenvalue weighted by atomic mass is 35.5. The zero-order valence-corrected chi connectivity index (χ0v) is 12.6. The van der Waals surface area contributed by atoms with Gasteiger partial charge in [-0.05, 0) is 48.9 Å². The van der Waals surface area contributed by atoms with Crippen LogP contribution in [-0.4, -0.2) is 10.2 Å². The Morgan fingerprint density at radius 1 is 0.895 bits per heavy atom. The van der Waals surface area contributed by atoms with Crippen molar-refractivity contribution in [3.8, 4) is 10.6 Å². The molecular formula is C15H13ClN2S. The summed E-state index contributed by atoms with van der Waals surface area (Å²) in [5, 5.41) is 13.2. The molecule has 0 aliphatic heterocycles. The van der Waals surface area contributed by atoms with Crippen LogP contribution >= 0.6 is 22.9 Å². The van der Waals surface area contributed by atoms with E-state index in [0.29, 0.717) is 5.15 Å². The molecule has 0 bridgehead atoms. The van der Waals surface area contributed by atoms with Gasteiger partial charge in [0.15, 0.2) is 5.15 Å². The lowest BCUT2D eigenvalue weighted by molar-refractivity contribution is 1.06. The van der Waals surface area contributed by atoms with Crippen molar-refractivity contribution in [3.63, 3.8) is 0 Å². The van der Waals surface area contributed by atoms with Gasteiger partial charge in [0, 0.05) is 10.8 Å². The molecule has 2 nitrogen and oxygen atoms in total. The molecule has 0 aliphatic carbocycles. The molecule has 0 amide bonds. The van der Waals surface area contributed by atoms with Crippen LogP contribution in [0.4, 0.5) is 0 Å². The maximum atomic E-state index is 6.24. The molecule has 1 aromatic carbocycles. The van der Waals surface area contributed by atoms with Crippen LogP contribution in [0.15, 0.2) is 23.6 Å². The maximum Gasteiger partial charge on any atom is 0.159 e. The predicted octanol–water partition coefficient (Wildman–Crippen LogP) is 4.94. The van der Waals surface area contributed by atoms with Gasteiger partial charge >= 0.3 is 0 Å². The Morgan fingerprint density at radius 3 is 2.21 bits per heavy atom. The van der Waals surface area contributed by atoms with Gasteiger partial charge in [-0.15, -0.1) is 21.5 Å². The van der Waals surface area contributed by atoms with Gasteiger partial charge in [-0.2, -0.15) is 0 Å². The average molecular weight is 289 g/mol. The minimum absolute atomic E-state index is 0.481. The van der Waals surface area contributed by atoms with Crippen LogP contribution in [0, 0.1) is 20.8 Å². The van der Waals surface area contributed by atoms with Crippen molar-refractivity contribution in [2.24, 2.45) is 0 Å². The lowest BCUT2D eigenvalue weighted by atomic mass is 10.00. The number of hydrogen-bond donors (Lipinski definition) is 0. The molecule has 0 atom stereocenters. The van der Waals surface area contributed by atoms with Crippen LogP contribution in [0.25, 0.3) is 21.3 Å². The minimum Gasteiger partial charge on any atom is -0.147 e. The van der Waals surface area contributed by atoms with E-state index in [-0.39, 0.29) is 0 Å². The highest BCUT2D eigenvalue weighted by Gasteiger charge is 2.16. The van der Waals surface area contributed by atoms with Crippen LogP contribution in [0.5, 0.6) is 0 Å². The molecule has 2 heterocycles. The summed E-state index contributed by atoms with van der Waals surface area (Å²) < 4.78 is 0. The van der Waals surface area contributed by atoms with E-state index in [9.17, 15) is 0 Å². The molecule has 0 spiro atoms. The van der Waals surface area contributed by atoms with Crippen LogP contribution < -0.4 is 0 Å². The van der Waals surface area contributed by atoms with Gasteiger partial charge in [0.25, 0.3) is 0 Å². The Kier molecular flexibility index (Phi) is 3.03. The summed E-state index contributed by atoms with van der Waals surface area (Å²) in [5.41, 5.74) is 4.48. The van der Waals surface area contributed by atoms with Gasteiger partial charge in [-0.1, -0.05) is 23.7 Å². The first-order chi connectivity index (χ1) is 9.09. The molecule has 4 heteroatoms. The molecule has 3 aromatic rings. The fourth-order valence-electron chi connectivity index (χ4n) is 2.35. The smallest absolute Gasteiger partial charge is 0.147 e. The van der Waals surface area contributed by atoms with Gasteiger partial charge in [0.2, 0.25) is 0 Å². The topological polar surface area (TPSA) is 25.8 Å². The lowest BCUT2D eigenvalue weighted by Crippen LogP contribution is -1.95. The van der Waals surface area contributed by atoms with Crippen molar-refractivity contribution in [1.82, 2.24) is 10.2 Å². The summed E-state index contributed by atoms with van der Waals surface area (Å²) in [4.78, 5) is 1.17. The summed E-state index contributed by atoms with van der Waals surface area (Å²) in [5.74, 6) is 0. The van der Waals surface area contributed by atoms with Crippen molar-refractivity contribution < 1.29 is 0 Å². The number of benzene rings is 1. The number of fused-ring (bicyclic) bond motifs is 1. The molecule has 2 aromatic heterocycles. The number of aromatic nitrogens is 2. The molecule has 0 saturated carbocycles. The fourth-order valence-corrected chi connectivity index (χ4v) is 3.55. The quantitative estimate of drug-likeness (QED) is 0.634. The zero-order valence-electron chi connectivity index (χ0n) is 11.0. The molecular weight excluding hydrogens is 276 g/mol. The average Bonchev–Trinajstić information content (AvgIpc) is 2.80. The van der Waals surface area contributed by atoms with Crippen LogP contribution in [0.1, 0.15) is 16.7 Å². The third kappa shape index (κ3) is 1.94. The number of aryl methyl sites for hydroxylation is 3. The zero-order chi connectivity index (χ0) is 13.6. The summed E-state index contributed by atoms with van der Waals surface area (Å²) in [6, 6.07) is 6.30. The predicted molar refractivity (Wildman–Crippen MR) is 82.1 cm³/mol. The molecule has 0 N–H and O–H groups in total. The molecule has 19 heavy (non-hydrogen) atoms. The van der Waals surface area contributed by atoms with E-state index in [1.54, 1.807) is 11.3 Å². The summed E-state index contributed by atoms with van der Waals surface area (Å²) in [7, 11) is 0. The van der Waals surface area contributed by atoms with Crippen LogP contribution in [0.2, 0.25) is 5.15 Å². The minimum atomic E-state index is 0.481. The summed E-state index contributed by atoms with van der Waals surface area (Å²) in [6.45, 7) is 6.24. The van der Waals surface area contributed by atoms with Crippen molar-refractivity contribution in [2.75, 3.05) is 0 Å². The van der Waals surface area contributed by atoms with E-state index in [1.807, 2.05) is 0 Å². The van der Waals surface area contributed by atoms with E-state index in [2.05, 4.69) is 54.5 Å². The number of nitrogens with zero attached hydrogens (tertiary/aromatic N) is 2. The Labute approximate surface area is 121 Å². The Balaban J connectivity index is 2.49. The number of thiophene rings is 1.